The number of fused-ring (bicyclic) bond motifs is 1. The van der Waals surface area contributed by atoms with Gasteiger partial charge in [0.25, 0.3) is 5.91 Å². The number of carbonyl (C=O) groups excluding carboxylic acids is 2. The highest BCUT2D eigenvalue weighted by Crippen LogP contribution is 2.43. The molecule has 4 aromatic rings. The third-order valence-electron chi connectivity index (χ3n) is 7.23. The van der Waals surface area contributed by atoms with Crippen LogP contribution in [0, 0.1) is 0 Å². The number of carbonyl (C=O) groups is 2. The number of rotatable bonds is 11. The molecule has 0 radical (unpaired) electrons. The molecule has 15 heteroatoms. The molecular formula is C30H28Cl2F3N5O5. The Hall–Kier alpha value is -4.07. The molecular weight excluding hydrogens is 638 g/mol. The molecule has 4 N–H and O–H groups in total. The minimum Gasteiger partial charge on any atom is -0.494 e. The molecule has 1 unspecified atom stereocenters. The topological polar surface area (TPSA) is 142 Å². The molecule has 238 valence electrons. The molecule has 1 aliphatic carbocycles. The van der Waals surface area contributed by atoms with Crippen molar-refractivity contribution in [2.24, 2.45) is 5.73 Å². The van der Waals surface area contributed by atoms with Gasteiger partial charge in [0.1, 0.15) is 22.7 Å². The van der Waals surface area contributed by atoms with E-state index < -0.39 is 42.3 Å². The Morgan fingerprint density at radius 3 is 2.40 bits per heavy atom. The van der Waals surface area contributed by atoms with E-state index in [0.29, 0.717) is 10.9 Å². The third kappa shape index (κ3) is 6.65. The third-order valence-corrected chi connectivity index (χ3v) is 7.67. The van der Waals surface area contributed by atoms with Crippen LogP contribution in [0.1, 0.15) is 47.4 Å². The highest BCUT2D eigenvalue weighted by atomic mass is 35.5. The summed E-state index contributed by atoms with van der Waals surface area (Å²) in [7, 11) is 1.39. The number of primary amides is 1. The van der Waals surface area contributed by atoms with E-state index in [9.17, 15) is 27.9 Å². The molecule has 2 aromatic carbocycles. The van der Waals surface area contributed by atoms with Gasteiger partial charge in [-0.3, -0.25) is 14.3 Å². The van der Waals surface area contributed by atoms with Crippen molar-refractivity contribution in [2.75, 3.05) is 20.3 Å². The Balaban J connectivity index is 1.56. The van der Waals surface area contributed by atoms with Gasteiger partial charge in [-0.05, 0) is 56.2 Å². The second-order valence-corrected chi connectivity index (χ2v) is 11.4. The normalized spacial score (nSPS) is 14.7. The minimum atomic E-state index is -5.35. The summed E-state index contributed by atoms with van der Waals surface area (Å²) in [5.41, 5.74) is 1.17. The first-order valence-corrected chi connectivity index (χ1v) is 14.6. The predicted octanol–water partition coefficient (Wildman–Crippen LogP) is 5.36. The average molecular weight is 666 g/mol. The van der Waals surface area contributed by atoms with Crippen molar-refractivity contribution in [3.05, 3.63) is 69.5 Å². The van der Waals surface area contributed by atoms with Crippen LogP contribution >= 0.6 is 23.2 Å². The van der Waals surface area contributed by atoms with E-state index in [1.807, 2.05) is 0 Å². The summed E-state index contributed by atoms with van der Waals surface area (Å²) in [6.45, 7) is 0.354. The minimum absolute atomic E-state index is 0.0115. The van der Waals surface area contributed by atoms with E-state index in [-0.39, 0.29) is 56.6 Å². The molecule has 1 saturated carbocycles. The van der Waals surface area contributed by atoms with Crippen LogP contribution in [0.2, 0.25) is 10.0 Å². The molecule has 45 heavy (non-hydrogen) atoms. The van der Waals surface area contributed by atoms with Gasteiger partial charge in [0, 0.05) is 38.3 Å². The van der Waals surface area contributed by atoms with E-state index in [2.05, 4.69) is 15.4 Å². The van der Waals surface area contributed by atoms with Crippen LogP contribution < -0.4 is 20.5 Å². The molecule has 1 aliphatic rings. The summed E-state index contributed by atoms with van der Waals surface area (Å²) in [4.78, 5) is 29.3. The number of hydrogen-bond acceptors (Lipinski definition) is 7. The van der Waals surface area contributed by atoms with E-state index in [1.54, 1.807) is 17.8 Å². The zero-order valence-electron chi connectivity index (χ0n) is 24.0. The second-order valence-electron chi connectivity index (χ2n) is 10.6. The quantitative estimate of drug-likeness (QED) is 0.196. The van der Waals surface area contributed by atoms with Crippen molar-refractivity contribution in [3.8, 4) is 22.8 Å². The fraction of sp³-hybridized carbons (Fsp3) is 0.333. The number of aromatic nitrogens is 3. The second kappa shape index (κ2) is 12.4. The number of ether oxygens (including phenoxy) is 2. The first-order chi connectivity index (χ1) is 21.2. The number of pyridine rings is 1. The monoisotopic (exact) mass is 665 g/mol. The van der Waals surface area contributed by atoms with E-state index in [0.717, 1.165) is 18.9 Å². The predicted molar refractivity (Wildman–Crippen MR) is 161 cm³/mol. The van der Waals surface area contributed by atoms with E-state index >= 15 is 0 Å². The van der Waals surface area contributed by atoms with Crippen molar-refractivity contribution < 1.29 is 37.3 Å². The molecule has 0 saturated heterocycles. The Morgan fingerprint density at radius 1 is 1.13 bits per heavy atom. The Kier molecular flexibility index (Phi) is 8.89. The molecule has 0 aliphatic heterocycles. The van der Waals surface area contributed by atoms with Crippen LogP contribution in [0.25, 0.3) is 22.2 Å². The Bertz CT molecular complexity index is 1770. The van der Waals surface area contributed by atoms with Gasteiger partial charge in [-0.15, -0.1) is 0 Å². The molecule has 10 nitrogen and oxygen atoms in total. The Labute approximate surface area is 265 Å². The SMILES string of the molecule is CCOc1c(CC(N)=O)cc(C(O)(CNC(=O)c2cc(OC)c3nn(C4CC4)cc3c2)C(F)(F)F)nc1-c1cc(Cl)cc(Cl)c1. The zero-order chi connectivity index (χ0) is 32.7. The van der Waals surface area contributed by atoms with Gasteiger partial charge in [-0.25, -0.2) is 4.98 Å². The molecule has 2 heterocycles. The van der Waals surface area contributed by atoms with Crippen LogP contribution in [-0.2, 0) is 16.8 Å². The van der Waals surface area contributed by atoms with Crippen LogP contribution in [0.3, 0.4) is 0 Å². The highest BCUT2D eigenvalue weighted by molar-refractivity contribution is 6.35. The summed E-state index contributed by atoms with van der Waals surface area (Å²) in [6, 6.07) is 8.15. The van der Waals surface area contributed by atoms with Crippen LogP contribution in [-0.4, -0.2) is 58.1 Å². The summed E-state index contributed by atoms with van der Waals surface area (Å²) < 4.78 is 57.0. The van der Waals surface area contributed by atoms with Gasteiger partial charge in [-0.2, -0.15) is 18.3 Å². The number of nitrogens with two attached hydrogens (primary N) is 1. The number of benzene rings is 2. The standard InChI is InChI=1S/C30H28Cl2F3N5O5/c1-3-45-27-16(11-24(36)41)10-23(38-26(27)15-7-19(31)12-20(32)8-15)29(43,30(33,34)35)14-37-28(42)17-6-18-13-40(21-4-5-21)39-25(18)22(9-17)44-2/h6-10,12-13,21,43H,3-5,11,14H2,1-2H3,(H2,36,41)(H,37,42). The van der Waals surface area contributed by atoms with E-state index in [4.69, 9.17) is 38.4 Å². The summed E-state index contributed by atoms with van der Waals surface area (Å²) in [5, 5.41) is 18.8. The van der Waals surface area contributed by atoms with Gasteiger partial charge >= 0.3 is 6.18 Å². The van der Waals surface area contributed by atoms with Crippen molar-refractivity contribution in [2.45, 2.75) is 44.0 Å². The van der Waals surface area contributed by atoms with E-state index in [1.165, 1.54) is 37.4 Å². The number of halogens is 5. The first-order valence-electron chi connectivity index (χ1n) is 13.8. The van der Waals surface area contributed by atoms with Crippen molar-refractivity contribution >= 4 is 45.9 Å². The van der Waals surface area contributed by atoms with Gasteiger partial charge < -0.3 is 25.6 Å². The zero-order valence-corrected chi connectivity index (χ0v) is 25.6. The molecule has 1 atom stereocenters. The number of amides is 2. The first kappa shape index (κ1) is 32.3. The molecule has 5 rings (SSSR count). The lowest BCUT2D eigenvalue weighted by atomic mass is 9.93. The molecule has 2 aromatic heterocycles. The molecule has 0 bridgehead atoms. The largest absolute Gasteiger partial charge is 0.494 e. The number of nitrogens with zero attached hydrogens (tertiary/aromatic N) is 3. The molecule has 0 spiro atoms. The number of hydrogen-bond donors (Lipinski definition) is 3. The van der Waals surface area contributed by atoms with Crippen molar-refractivity contribution in [1.29, 1.82) is 0 Å². The lowest BCUT2D eigenvalue weighted by molar-refractivity contribution is -0.265. The molecule has 2 amide bonds. The summed E-state index contributed by atoms with van der Waals surface area (Å²) in [5.74, 6) is -1.57. The van der Waals surface area contributed by atoms with Gasteiger partial charge in [0.2, 0.25) is 11.5 Å². The fourth-order valence-corrected chi connectivity index (χ4v) is 5.42. The maximum absolute atomic E-state index is 14.7. The number of alkyl halides is 3. The highest BCUT2D eigenvalue weighted by Gasteiger charge is 2.56. The van der Waals surface area contributed by atoms with Gasteiger partial charge in [0.05, 0.1) is 38.4 Å². The number of aliphatic hydroxyl groups is 1. The van der Waals surface area contributed by atoms with Crippen molar-refractivity contribution in [3.63, 3.8) is 0 Å². The smallest absolute Gasteiger partial charge is 0.424 e. The molecule has 1 fully saturated rings. The summed E-state index contributed by atoms with van der Waals surface area (Å²) in [6.07, 6.45) is -2.22. The fourth-order valence-electron chi connectivity index (χ4n) is 4.89. The van der Waals surface area contributed by atoms with Crippen LogP contribution in [0.4, 0.5) is 13.2 Å². The van der Waals surface area contributed by atoms with Crippen LogP contribution in [0.5, 0.6) is 11.5 Å². The maximum Gasteiger partial charge on any atom is 0.424 e. The van der Waals surface area contributed by atoms with Gasteiger partial charge in [-0.1, -0.05) is 23.2 Å². The lowest BCUT2D eigenvalue weighted by Crippen LogP contribution is -2.51. The van der Waals surface area contributed by atoms with Gasteiger partial charge in [0.15, 0.2) is 0 Å². The number of methoxy groups -OCH3 is 1. The lowest BCUT2D eigenvalue weighted by Gasteiger charge is -2.31. The Morgan fingerprint density at radius 2 is 1.82 bits per heavy atom. The number of nitrogens with one attached hydrogen (secondary N) is 1. The average Bonchev–Trinajstić information content (AvgIpc) is 3.73. The van der Waals surface area contributed by atoms with Crippen molar-refractivity contribution in [1.82, 2.24) is 20.1 Å². The maximum atomic E-state index is 14.7. The summed E-state index contributed by atoms with van der Waals surface area (Å²) >= 11 is 12.3. The van der Waals surface area contributed by atoms with Crippen LogP contribution in [0.15, 0.2) is 42.6 Å².